The fourth-order valence-corrected chi connectivity index (χ4v) is 4.49. The minimum atomic E-state index is -0.599. The highest BCUT2D eigenvalue weighted by atomic mass is 32.1. The van der Waals surface area contributed by atoms with Gasteiger partial charge in [0.25, 0.3) is 5.91 Å². The number of anilines is 2. The summed E-state index contributed by atoms with van der Waals surface area (Å²) in [5, 5.41) is 5.87. The Kier molecular flexibility index (Phi) is 6.30. The van der Waals surface area contributed by atoms with Crippen LogP contribution in [0.1, 0.15) is 40.6 Å². The SMILES string of the molecule is COc1ccccc1NC(=O)COC(=O)c1c(NC(C)=O)sc2c1CCCC2. The molecule has 7 nitrogen and oxygen atoms in total. The molecular formula is C20H22N2O5S. The van der Waals surface area contributed by atoms with Crippen LogP contribution in [0.5, 0.6) is 5.75 Å². The molecule has 1 aromatic heterocycles. The highest BCUT2D eigenvalue weighted by Crippen LogP contribution is 2.38. The second-order valence-corrected chi connectivity index (χ2v) is 7.53. The van der Waals surface area contributed by atoms with Gasteiger partial charge in [0.2, 0.25) is 5.91 Å². The smallest absolute Gasteiger partial charge is 0.341 e. The molecule has 0 saturated heterocycles. The highest BCUT2D eigenvalue weighted by molar-refractivity contribution is 7.17. The topological polar surface area (TPSA) is 93.7 Å². The number of carbonyl (C=O) groups excluding carboxylic acids is 3. The first-order chi connectivity index (χ1) is 13.5. The van der Waals surface area contributed by atoms with Crippen molar-refractivity contribution in [3.8, 4) is 5.75 Å². The van der Waals surface area contributed by atoms with Crippen LogP contribution >= 0.6 is 11.3 Å². The molecule has 1 aliphatic rings. The van der Waals surface area contributed by atoms with Crippen LogP contribution in [0.2, 0.25) is 0 Å². The van der Waals surface area contributed by atoms with E-state index in [2.05, 4.69) is 10.6 Å². The van der Waals surface area contributed by atoms with E-state index in [1.807, 2.05) is 0 Å². The molecule has 1 aliphatic carbocycles. The number of thiophene rings is 1. The van der Waals surface area contributed by atoms with Gasteiger partial charge in [-0.25, -0.2) is 4.79 Å². The fraction of sp³-hybridized carbons (Fsp3) is 0.350. The lowest BCUT2D eigenvalue weighted by Gasteiger charge is -2.13. The van der Waals surface area contributed by atoms with Crippen molar-refractivity contribution in [1.29, 1.82) is 0 Å². The second kappa shape index (κ2) is 8.88. The lowest BCUT2D eigenvalue weighted by atomic mass is 9.95. The summed E-state index contributed by atoms with van der Waals surface area (Å²) in [4.78, 5) is 37.5. The van der Waals surface area contributed by atoms with Crippen LogP contribution in [0.3, 0.4) is 0 Å². The molecule has 0 spiro atoms. The van der Waals surface area contributed by atoms with E-state index >= 15 is 0 Å². The number of amides is 2. The number of aryl methyl sites for hydroxylation is 1. The molecule has 2 aromatic rings. The number of fused-ring (bicyclic) bond motifs is 1. The number of rotatable bonds is 6. The number of methoxy groups -OCH3 is 1. The monoisotopic (exact) mass is 402 g/mol. The van der Waals surface area contributed by atoms with Crippen molar-refractivity contribution < 1.29 is 23.9 Å². The molecule has 0 unspecified atom stereocenters. The van der Waals surface area contributed by atoms with Gasteiger partial charge in [-0.1, -0.05) is 12.1 Å². The van der Waals surface area contributed by atoms with Crippen molar-refractivity contribution >= 4 is 39.8 Å². The van der Waals surface area contributed by atoms with E-state index in [4.69, 9.17) is 9.47 Å². The lowest BCUT2D eigenvalue weighted by Crippen LogP contribution is -2.22. The molecule has 0 bridgehead atoms. The quantitative estimate of drug-likeness (QED) is 0.723. The Morgan fingerprint density at radius 2 is 1.86 bits per heavy atom. The molecule has 28 heavy (non-hydrogen) atoms. The van der Waals surface area contributed by atoms with Gasteiger partial charge in [0.15, 0.2) is 6.61 Å². The molecule has 2 amide bonds. The second-order valence-electron chi connectivity index (χ2n) is 6.42. The number of nitrogens with one attached hydrogen (secondary N) is 2. The van der Waals surface area contributed by atoms with E-state index in [0.29, 0.717) is 22.0 Å². The third-order valence-corrected chi connectivity index (χ3v) is 5.59. The number of esters is 1. The summed E-state index contributed by atoms with van der Waals surface area (Å²) in [6, 6.07) is 6.97. The summed E-state index contributed by atoms with van der Waals surface area (Å²) < 4.78 is 10.4. The summed E-state index contributed by atoms with van der Waals surface area (Å²) >= 11 is 1.41. The maximum atomic E-state index is 12.7. The maximum absolute atomic E-state index is 12.7. The largest absolute Gasteiger partial charge is 0.495 e. The number of hydrogen-bond donors (Lipinski definition) is 2. The first-order valence-electron chi connectivity index (χ1n) is 9.01. The van der Waals surface area contributed by atoms with Gasteiger partial charge in [-0.05, 0) is 43.4 Å². The molecule has 8 heteroatoms. The average Bonchev–Trinajstić information content (AvgIpc) is 3.03. The Morgan fingerprint density at radius 3 is 2.61 bits per heavy atom. The number of ether oxygens (including phenoxy) is 2. The van der Waals surface area contributed by atoms with Crippen LogP contribution in [-0.2, 0) is 27.2 Å². The number of carbonyl (C=O) groups is 3. The van der Waals surface area contributed by atoms with Gasteiger partial charge in [-0.3, -0.25) is 9.59 Å². The molecule has 1 heterocycles. The Morgan fingerprint density at radius 1 is 1.11 bits per heavy atom. The van der Waals surface area contributed by atoms with Crippen LogP contribution in [0, 0.1) is 0 Å². The van der Waals surface area contributed by atoms with Gasteiger partial charge < -0.3 is 20.1 Å². The molecule has 0 aliphatic heterocycles. The van der Waals surface area contributed by atoms with Crippen LogP contribution < -0.4 is 15.4 Å². The van der Waals surface area contributed by atoms with E-state index in [0.717, 1.165) is 36.1 Å². The zero-order valence-corrected chi connectivity index (χ0v) is 16.6. The maximum Gasteiger partial charge on any atom is 0.341 e. The minimum absolute atomic E-state index is 0.249. The minimum Gasteiger partial charge on any atom is -0.495 e. The summed E-state index contributed by atoms with van der Waals surface area (Å²) in [6.45, 7) is 0.968. The predicted molar refractivity (Wildman–Crippen MR) is 107 cm³/mol. The Hall–Kier alpha value is -2.87. The lowest BCUT2D eigenvalue weighted by molar-refractivity contribution is -0.119. The van der Waals surface area contributed by atoms with Crippen molar-refractivity contribution in [2.45, 2.75) is 32.6 Å². The van der Waals surface area contributed by atoms with Gasteiger partial charge in [-0.15, -0.1) is 11.3 Å². The van der Waals surface area contributed by atoms with Crippen molar-refractivity contribution in [2.24, 2.45) is 0 Å². The summed E-state index contributed by atoms with van der Waals surface area (Å²) in [6.07, 6.45) is 3.69. The summed E-state index contributed by atoms with van der Waals surface area (Å²) in [7, 11) is 1.51. The number of hydrogen-bond acceptors (Lipinski definition) is 6. The molecule has 0 atom stereocenters. The number of benzene rings is 1. The van der Waals surface area contributed by atoms with Crippen molar-refractivity contribution in [1.82, 2.24) is 0 Å². The van der Waals surface area contributed by atoms with Gasteiger partial charge in [0.05, 0.1) is 18.4 Å². The molecule has 0 fully saturated rings. The third-order valence-electron chi connectivity index (χ3n) is 4.38. The Balaban J connectivity index is 1.70. The summed E-state index contributed by atoms with van der Waals surface area (Å²) in [5.74, 6) is -0.801. The third kappa shape index (κ3) is 4.51. The van der Waals surface area contributed by atoms with E-state index in [1.165, 1.54) is 25.4 Å². The van der Waals surface area contributed by atoms with Gasteiger partial charge in [-0.2, -0.15) is 0 Å². The van der Waals surface area contributed by atoms with E-state index in [9.17, 15) is 14.4 Å². The molecule has 1 aromatic carbocycles. The predicted octanol–water partition coefficient (Wildman–Crippen LogP) is 3.39. The molecule has 148 valence electrons. The zero-order valence-electron chi connectivity index (χ0n) is 15.8. The van der Waals surface area contributed by atoms with Gasteiger partial charge in [0, 0.05) is 11.8 Å². The van der Waals surface area contributed by atoms with Gasteiger partial charge in [0.1, 0.15) is 10.8 Å². The van der Waals surface area contributed by atoms with Crippen molar-refractivity contribution in [3.63, 3.8) is 0 Å². The van der Waals surface area contributed by atoms with Gasteiger partial charge >= 0.3 is 5.97 Å². The van der Waals surface area contributed by atoms with Crippen LogP contribution in [-0.4, -0.2) is 31.5 Å². The Bertz CT molecular complexity index is 906. The highest BCUT2D eigenvalue weighted by Gasteiger charge is 2.27. The molecule has 0 radical (unpaired) electrons. The normalized spacial score (nSPS) is 12.6. The van der Waals surface area contributed by atoms with Crippen LogP contribution in [0.25, 0.3) is 0 Å². The Labute approximate surface area is 167 Å². The van der Waals surface area contributed by atoms with E-state index in [1.54, 1.807) is 24.3 Å². The van der Waals surface area contributed by atoms with Crippen LogP contribution in [0.15, 0.2) is 24.3 Å². The average molecular weight is 402 g/mol. The number of para-hydroxylation sites is 2. The molecule has 3 rings (SSSR count). The first-order valence-corrected chi connectivity index (χ1v) is 9.83. The van der Waals surface area contributed by atoms with Crippen molar-refractivity contribution in [2.75, 3.05) is 24.4 Å². The molecule has 0 saturated carbocycles. The fourth-order valence-electron chi connectivity index (χ4n) is 3.17. The van der Waals surface area contributed by atoms with E-state index in [-0.39, 0.29) is 5.91 Å². The van der Waals surface area contributed by atoms with Crippen molar-refractivity contribution in [3.05, 3.63) is 40.3 Å². The van der Waals surface area contributed by atoms with Crippen LogP contribution in [0.4, 0.5) is 10.7 Å². The molecule has 2 N–H and O–H groups in total. The first kappa shape index (κ1) is 19.9. The summed E-state index contributed by atoms with van der Waals surface area (Å²) in [5.41, 5.74) is 1.80. The standard InChI is InChI=1S/C20H22N2O5S/c1-12(23)21-19-18(13-7-3-6-10-16(13)28-19)20(25)27-11-17(24)22-14-8-4-5-9-15(14)26-2/h4-5,8-9H,3,6-7,10-11H2,1-2H3,(H,21,23)(H,22,24). The zero-order chi connectivity index (χ0) is 20.1. The molecular weight excluding hydrogens is 380 g/mol. The van der Waals surface area contributed by atoms with E-state index < -0.39 is 18.5 Å².